The zero-order chi connectivity index (χ0) is 20.8. The highest BCUT2D eigenvalue weighted by Gasteiger charge is 2.14. The lowest BCUT2D eigenvalue weighted by Crippen LogP contribution is -2.29. The molecule has 1 amide bonds. The number of thioether (sulfide) groups is 1. The third-order valence-electron chi connectivity index (χ3n) is 4.74. The molecular formula is C23H25N3O2S. The van der Waals surface area contributed by atoms with Crippen molar-refractivity contribution in [2.45, 2.75) is 38.0 Å². The van der Waals surface area contributed by atoms with Crippen LogP contribution in [0, 0.1) is 0 Å². The summed E-state index contributed by atoms with van der Waals surface area (Å²) >= 11 is 1.26. The van der Waals surface area contributed by atoms with Gasteiger partial charge in [0.25, 0.3) is 5.56 Å². The number of carbonyl (C=O) groups excluding carboxylic acids is 1. The molecule has 29 heavy (non-hydrogen) atoms. The number of para-hydroxylation sites is 1. The van der Waals surface area contributed by atoms with Gasteiger partial charge in [-0.3, -0.25) is 14.2 Å². The number of amides is 1. The number of carbonyl (C=O) groups is 1. The number of benzene rings is 2. The Bertz CT molecular complexity index is 1070. The van der Waals surface area contributed by atoms with Crippen molar-refractivity contribution in [2.75, 3.05) is 5.75 Å². The third-order valence-corrected chi connectivity index (χ3v) is 5.71. The molecule has 0 aliphatic rings. The number of aryl methyl sites for hydroxylation is 1. The van der Waals surface area contributed by atoms with Crippen LogP contribution in [-0.4, -0.2) is 21.2 Å². The van der Waals surface area contributed by atoms with Crippen LogP contribution in [-0.2, 0) is 17.8 Å². The van der Waals surface area contributed by atoms with E-state index < -0.39 is 0 Å². The molecule has 0 saturated carbocycles. The number of hydrogen-bond donors (Lipinski definition) is 1. The number of fused-ring (bicyclic) bond motifs is 1. The van der Waals surface area contributed by atoms with Gasteiger partial charge < -0.3 is 5.32 Å². The van der Waals surface area contributed by atoms with Gasteiger partial charge in [-0.05, 0) is 36.6 Å². The van der Waals surface area contributed by atoms with E-state index in [1.54, 1.807) is 22.8 Å². The number of allylic oxidation sites excluding steroid dienone is 1. The molecule has 0 aliphatic carbocycles. The minimum atomic E-state index is -0.122. The molecule has 1 heterocycles. The monoisotopic (exact) mass is 407 g/mol. The lowest BCUT2D eigenvalue weighted by molar-refractivity contribution is -0.119. The van der Waals surface area contributed by atoms with Gasteiger partial charge in [0.05, 0.1) is 22.7 Å². The first-order chi connectivity index (χ1) is 14.0. The molecule has 150 valence electrons. The van der Waals surface area contributed by atoms with Crippen LogP contribution in [0.5, 0.6) is 0 Å². The molecule has 0 aliphatic heterocycles. The molecule has 3 rings (SSSR count). The van der Waals surface area contributed by atoms with Gasteiger partial charge in [-0.2, -0.15) is 0 Å². The van der Waals surface area contributed by atoms with Gasteiger partial charge in [-0.25, -0.2) is 4.98 Å². The SMILES string of the molecule is C=CCn1c(SCC(=O)NC(C)c2ccc(CC)cc2)nc2ccccc2c1=O. The van der Waals surface area contributed by atoms with E-state index in [0.29, 0.717) is 22.6 Å². The van der Waals surface area contributed by atoms with Gasteiger partial charge in [0.15, 0.2) is 5.16 Å². The van der Waals surface area contributed by atoms with E-state index in [4.69, 9.17) is 0 Å². The molecular weight excluding hydrogens is 382 g/mol. The molecule has 0 radical (unpaired) electrons. The number of rotatable bonds is 8. The summed E-state index contributed by atoms with van der Waals surface area (Å²) in [5.74, 6) is 0.0777. The Morgan fingerprint density at radius 1 is 1.24 bits per heavy atom. The van der Waals surface area contributed by atoms with Crippen molar-refractivity contribution >= 4 is 28.6 Å². The fourth-order valence-corrected chi connectivity index (χ4v) is 3.91. The number of nitrogens with zero attached hydrogens (tertiary/aromatic N) is 2. The van der Waals surface area contributed by atoms with E-state index in [-0.39, 0.29) is 23.3 Å². The van der Waals surface area contributed by atoms with Crippen LogP contribution in [0.25, 0.3) is 10.9 Å². The van der Waals surface area contributed by atoms with E-state index in [0.717, 1.165) is 12.0 Å². The van der Waals surface area contributed by atoms with Crippen LogP contribution in [0.3, 0.4) is 0 Å². The van der Waals surface area contributed by atoms with Crippen molar-refractivity contribution in [1.82, 2.24) is 14.9 Å². The van der Waals surface area contributed by atoms with Crippen molar-refractivity contribution in [3.63, 3.8) is 0 Å². The average Bonchev–Trinajstić information content (AvgIpc) is 2.74. The highest BCUT2D eigenvalue weighted by Crippen LogP contribution is 2.19. The van der Waals surface area contributed by atoms with Crippen LogP contribution < -0.4 is 10.9 Å². The maximum absolute atomic E-state index is 12.8. The Balaban J connectivity index is 1.72. The summed E-state index contributed by atoms with van der Waals surface area (Å²) in [6.45, 7) is 8.15. The zero-order valence-corrected chi connectivity index (χ0v) is 17.5. The summed E-state index contributed by atoms with van der Waals surface area (Å²) in [4.78, 5) is 29.8. The van der Waals surface area contributed by atoms with Crippen molar-refractivity contribution in [1.29, 1.82) is 0 Å². The Labute approximate surface area is 174 Å². The number of nitrogens with one attached hydrogen (secondary N) is 1. The van der Waals surface area contributed by atoms with Crippen LogP contribution in [0.2, 0.25) is 0 Å². The molecule has 0 fully saturated rings. The van der Waals surface area contributed by atoms with Crippen molar-refractivity contribution in [3.05, 3.63) is 82.7 Å². The first-order valence-electron chi connectivity index (χ1n) is 9.65. The third kappa shape index (κ3) is 4.95. The van der Waals surface area contributed by atoms with E-state index >= 15 is 0 Å². The molecule has 0 spiro atoms. The largest absolute Gasteiger partial charge is 0.349 e. The fourth-order valence-electron chi connectivity index (χ4n) is 3.09. The van der Waals surface area contributed by atoms with E-state index in [9.17, 15) is 9.59 Å². The van der Waals surface area contributed by atoms with Gasteiger partial charge in [-0.15, -0.1) is 6.58 Å². The quantitative estimate of drug-likeness (QED) is 0.347. The highest BCUT2D eigenvalue weighted by molar-refractivity contribution is 7.99. The van der Waals surface area contributed by atoms with Crippen LogP contribution in [0.1, 0.15) is 31.0 Å². The molecule has 0 bridgehead atoms. The first-order valence-corrected chi connectivity index (χ1v) is 10.6. The normalized spacial score (nSPS) is 11.9. The molecule has 6 heteroatoms. The molecule has 2 aromatic carbocycles. The molecule has 3 aromatic rings. The molecule has 5 nitrogen and oxygen atoms in total. The van der Waals surface area contributed by atoms with E-state index in [1.165, 1.54) is 17.3 Å². The van der Waals surface area contributed by atoms with Gasteiger partial charge >= 0.3 is 0 Å². The van der Waals surface area contributed by atoms with Gasteiger partial charge in [-0.1, -0.05) is 61.2 Å². The predicted octanol–water partition coefficient (Wildman–Crippen LogP) is 4.11. The van der Waals surface area contributed by atoms with Gasteiger partial charge in [0.1, 0.15) is 0 Å². The predicted molar refractivity (Wildman–Crippen MR) is 119 cm³/mol. The van der Waals surface area contributed by atoms with Crippen LogP contribution >= 0.6 is 11.8 Å². The Hall–Kier alpha value is -2.86. The lowest BCUT2D eigenvalue weighted by Gasteiger charge is -2.15. The second-order valence-corrected chi connectivity index (χ2v) is 7.73. The minimum Gasteiger partial charge on any atom is -0.349 e. The smallest absolute Gasteiger partial charge is 0.262 e. The van der Waals surface area contributed by atoms with Crippen molar-refractivity contribution in [2.24, 2.45) is 0 Å². The van der Waals surface area contributed by atoms with E-state index in [1.807, 2.05) is 31.2 Å². The van der Waals surface area contributed by atoms with Crippen LogP contribution in [0.4, 0.5) is 0 Å². The standard InChI is InChI=1S/C23H25N3O2S/c1-4-14-26-22(28)19-8-6-7-9-20(19)25-23(26)29-15-21(27)24-16(3)18-12-10-17(5-2)11-13-18/h4,6-13,16H,1,5,14-15H2,2-3H3,(H,24,27). The summed E-state index contributed by atoms with van der Waals surface area (Å²) < 4.78 is 1.56. The molecule has 1 N–H and O–H groups in total. The van der Waals surface area contributed by atoms with E-state index in [2.05, 4.69) is 35.9 Å². The topological polar surface area (TPSA) is 64.0 Å². The van der Waals surface area contributed by atoms with Gasteiger partial charge in [0.2, 0.25) is 5.91 Å². The average molecular weight is 408 g/mol. The maximum atomic E-state index is 12.8. The molecule has 0 saturated heterocycles. The second-order valence-electron chi connectivity index (χ2n) is 6.79. The molecule has 1 aromatic heterocycles. The summed E-state index contributed by atoms with van der Waals surface area (Å²) in [5, 5.41) is 4.09. The summed E-state index contributed by atoms with van der Waals surface area (Å²) in [7, 11) is 0. The minimum absolute atomic E-state index is 0.0889. The second kappa shape index (κ2) is 9.56. The Morgan fingerprint density at radius 3 is 2.66 bits per heavy atom. The van der Waals surface area contributed by atoms with Gasteiger partial charge in [0, 0.05) is 6.54 Å². The fraction of sp³-hybridized carbons (Fsp3) is 0.261. The summed E-state index contributed by atoms with van der Waals surface area (Å²) in [6, 6.07) is 15.4. The molecule has 1 unspecified atom stereocenters. The van der Waals surface area contributed by atoms with Crippen LogP contribution in [0.15, 0.2) is 71.1 Å². The zero-order valence-electron chi connectivity index (χ0n) is 16.7. The summed E-state index contributed by atoms with van der Waals surface area (Å²) in [5.41, 5.74) is 2.84. The number of aromatic nitrogens is 2. The highest BCUT2D eigenvalue weighted by atomic mass is 32.2. The maximum Gasteiger partial charge on any atom is 0.262 e. The first kappa shape index (κ1) is 20.9. The Kier molecular flexibility index (Phi) is 6.88. The number of hydrogen-bond acceptors (Lipinski definition) is 4. The summed E-state index contributed by atoms with van der Waals surface area (Å²) in [6.07, 6.45) is 2.65. The van der Waals surface area contributed by atoms with Crippen molar-refractivity contribution in [3.8, 4) is 0 Å². The lowest BCUT2D eigenvalue weighted by atomic mass is 10.1. The van der Waals surface area contributed by atoms with Crippen molar-refractivity contribution < 1.29 is 4.79 Å². The Morgan fingerprint density at radius 2 is 1.97 bits per heavy atom. The molecule has 1 atom stereocenters.